The predicted molar refractivity (Wildman–Crippen MR) is 216 cm³/mol. The lowest BCUT2D eigenvalue weighted by molar-refractivity contribution is -0.112. The van der Waals surface area contributed by atoms with Crippen molar-refractivity contribution < 1.29 is 9.59 Å². The van der Waals surface area contributed by atoms with Crippen molar-refractivity contribution in [3.8, 4) is 0 Å². The van der Waals surface area contributed by atoms with E-state index in [9.17, 15) is 9.59 Å². The molecule has 4 heteroatoms. The molecule has 0 saturated heterocycles. The van der Waals surface area contributed by atoms with E-state index in [1.807, 2.05) is 38.2 Å². The number of hydrogen-bond donors (Lipinski definition) is 2. The van der Waals surface area contributed by atoms with Gasteiger partial charge in [-0.25, -0.2) is 0 Å². The van der Waals surface area contributed by atoms with Crippen molar-refractivity contribution in [3.05, 3.63) is 142 Å². The molecule has 266 valence electrons. The van der Waals surface area contributed by atoms with E-state index in [0.717, 1.165) is 22.3 Å². The van der Waals surface area contributed by atoms with Crippen molar-refractivity contribution in [1.82, 2.24) is 0 Å². The van der Waals surface area contributed by atoms with E-state index in [1.54, 1.807) is 36.4 Å². The van der Waals surface area contributed by atoms with E-state index in [1.165, 1.54) is 60.8 Å². The number of allylic oxidation sites excluding steroid dienone is 18. The molecule has 0 fully saturated rings. The molecule has 0 bridgehead atoms. The third-order valence-electron chi connectivity index (χ3n) is 9.66. The Morgan fingerprint density at radius 3 is 1.40 bits per heavy atom. The van der Waals surface area contributed by atoms with Gasteiger partial charge in [-0.05, 0) is 131 Å². The molecule has 0 radical (unpaired) electrons. The lowest BCUT2D eigenvalue weighted by Gasteiger charge is -2.33. The summed E-state index contributed by atoms with van der Waals surface area (Å²) >= 11 is 0. The molecule has 2 aliphatic rings. The summed E-state index contributed by atoms with van der Waals surface area (Å²) in [5.41, 5.74) is 11.5. The molecule has 0 saturated carbocycles. The van der Waals surface area contributed by atoms with Crippen LogP contribution in [-0.2, 0) is 9.59 Å². The molecule has 0 spiro atoms. The van der Waals surface area contributed by atoms with Gasteiger partial charge in [-0.15, -0.1) is 0 Å². The molecule has 0 aromatic heterocycles. The van der Waals surface area contributed by atoms with Gasteiger partial charge in [0.2, 0.25) is 11.8 Å². The van der Waals surface area contributed by atoms with Crippen molar-refractivity contribution in [2.45, 2.75) is 108 Å². The normalized spacial score (nSPS) is 19.4. The van der Waals surface area contributed by atoms with Crippen LogP contribution in [0.5, 0.6) is 0 Å². The number of carbonyl (C=O) groups is 2. The minimum absolute atomic E-state index is 0.222. The molecule has 3 rings (SSSR count). The number of anilines is 2. The summed E-state index contributed by atoms with van der Waals surface area (Å²) < 4.78 is 0. The topological polar surface area (TPSA) is 58.2 Å². The van der Waals surface area contributed by atoms with Crippen LogP contribution in [0.15, 0.2) is 142 Å². The highest BCUT2D eigenvalue weighted by Gasteiger charge is 2.27. The minimum atomic E-state index is -0.230. The van der Waals surface area contributed by atoms with Gasteiger partial charge in [-0.3, -0.25) is 9.59 Å². The van der Waals surface area contributed by atoms with Crippen LogP contribution in [0.3, 0.4) is 0 Å². The number of hydrogen-bond acceptors (Lipinski definition) is 2. The van der Waals surface area contributed by atoms with E-state index in [2.05, 4.69) is 102 Å². The summed E-state index contributed by atoms with van der Waals surface area (Å²) in [5, 5.41) is 5.80. The third kappa shape index (κ3) is 13.1. The zero-order valence-electron chi connectivity index (χ0n) is 32.3. The first-order chi connectivity index (χ1) is 23.6. The molecule has 2 aliphatic carbocycles. The van der Waals surface area contributed by atoms with Gasteiger partial charge in [0.1, 0.15) is 0 Å². The molecule has 50 heavy (non-hydrogen) atoms. The molecule has 1 aromatic carbocycles. The van der Waals surface area contributed by atoms with Crippen LogP contribution >= 0.6 is 0 Å². The lowest BCUT2D eigenvalue weighted by Crippen LogP contribution is -2.19. The Labute approximate surface area is 303 Å². The zero-order valence-corrected chi connectivity index (χ0v) is 32.3. The van der Waals surface area contributed by atoms with Crippen molar-refractivity contribution >= 4 is 23.2 Å². The van der Waals surface area contributed by atoms with Gasteiger partial charge in [-0.2, -0.15) is 0 Å². The average molecular weight is 673 g/mol. The van der Waals surface area contributed by atoms with Crippen molar-refractivity contribution in [2.75, 3.05) is 10.6 Å². The first-order valence-corrected chi connectivity index (χ1v) is 18.1. The molecule has 1 aromatic rings. The highest BCUT2D eigenvalue weighted by Crippen LogP contribution is 2.41. The van der Waals surface area contributed by atoms with E-state index in [4.69, 9.17) is 0 Å². The molecule has 4 nitrogen and oxygen atoms in total. The highest BCUT2D eigenvalue weighted by molar-refractivity contribution is 6.02. The fourth-order valence-corrected chi connectivity index (χ4v) is 6.81. The van der Waals surface area contributed by atoms with Gasteiger partial charge in [-0.1, -0.05) is 117 Å². The summed E-state index contributed by atoms with van der Waals surface area (Å²) in [6, 6.07) is 7.16. The second-order valence-electron chi connectivity index (χ2n) is 15.4. The second kappa shape index (κ2) is 18.5. The molecule has 0 atom stereocenters. The summed E-state index contributed by atoms with van der Waals surface area (Å²) in [6.07, 6.45) is 31.3. The van der Waals surface area contributed by atoms with Crippen LogP contribution in [0.25, 0.3) is 0 Å². The lowest BCUT2D eigenvalue weighted by atomic mass is 9.72. The van der Waals surface area contributed by atoms with Gasteiger partial charge in [0.25, 0.3) is 0 Å². The van der Waals surface area contributed by atoms with Gasteiger partial charge >= 0.3 is 0 Å². The molecular formula is C46H60N2O2. The van der Waals surface area contributed by atoms with Crippen LogP contribution in [0.1, 0.15) is 108 Å². The number of rotatable bonds is 12. The maximum absolute atomic E-state index is 12.7. The Balaban J connectivity index is 1.52. The standard InChI is InChI=1S/C46H60N2O2/c1-33(24-26-41-37(5)20-14-28-45(41,7)8)16-11-18-35(3)30-43(49)47-39-22-13-23-40(32-39)48-44(50)31-36(4)19-12-17-34(2)25-27-42-38(6)21-15-29-46(42,9)10/h11-13,16-19,22-27,30-32H,14-15,20-21,28-29H2,1-10H3,(H,47,49)(H,48,50)/b18-11+,19-12+,26-24+,27-25+,33-16+,34-17+,35-30+,36-31+. The quantitative estimate of drug-likeness (QED) is 0.171. The fourth-order valence-electron chi connectivity index (χ4n) is 6.81. The summed E-state index contributed by atoms with van der Waals surface area (Å²) in [7, 11) is 0. The molecule has 0 unspecified atom stereocenters. The second-order valence-corrected chi connectivity index (χ2v) is 15.4. The maximum Gasteiger partial charge on any atom is 0.248 e. The van der Waals surface area contributed by atoms with Gasteiger partial charge < -0.3 is 10.6 Å². The molecule has 2 N–H and O–H groups in total. The highest BCUT2D eigenvalue weighted by atomic mass is 16.2. The van der Waals surface area contributed by atoms with Crippen LogP contribution in [-0.4, -0.2) is 11.8 Å². The SMILES string of the molecule is CC1=C(/C=C/C(C)=C/C=C/C(C)=C/C(=O)Nc2cccc(NC(=O)/C=C(C)/C=C/C=C(C)/C=C/C3=C(C)CCCC3(C)C)c2)C(C)(C)CCC1. The predicted octanol–water partition coefficient (Wildman–Crippen LogP) is 12.6. The van der Waals surface area contributed by atoms with Gasteiger partial charge in [0.05, 0.1) is 0 Å². The first kappa shape index (κ1) is 40.0. The number of nitrogens with one attached hydrogen (secondary N) is 2. The van der Waals surface area contributed by atoms with Crippen molar-refractivity contribution in [1.29, 1.82) is 0 Å². The van der Waals surface area contributed by atoms with E-state index in [-0.39, 0.29) is 22.6 Å². The van der Waals surface area contributed by atoms with Crippen molar-refractivity contribution in [3.63, 3.8) is 0 Å². The monoisotopic (exact) mass is 672 g/mol. The summed E-state index contributed by atoms with van der Waals surface area (Å²) in [5.74, 6) is -0.460. The zero-order chi connectivity index (χ0) is 36.9. The number of carbonyl (C=O) groups excluding carboxylic acids is 2. The third-order valence-corrected chi connectivity index (χ3v) is 9.66. The van der Waals surface area contributed by atoms with Gasteiger partial charge in [0.15, 0.2) is 0 Å². The maximum atomic E-state index is 12.7. The largest absolute Gasteiger partial charge is 0.322 e. The Bertz CT molecular complexity index is 1600. The van der Waals surface area contributed by atoms with Crippen molar-refractivity contribution in [2.24, 2.45) is 10.8 Å². The van der Waals surface area contributed by atoms with Crippen LogP contribution in [0.4, 0.5) is 11.4 Å². The Hall–Kier alpha value is -4.44. The Kier molecular flexibility index (Phi) is 14.8. The van der Waals surface area contributed by atoms with E-state index < -0.39 is 0 Å². The molecule has 0 heterocycles. The van der Waals surface area contributed by atoms with Crippen LogP contribution in [0.2, 0.25) is 0 Å². The van der Waals surface area contributed by atoms with Gasteiger partial charge in [0, 0.05) is 23.5 Å². The minimum Gasteiger partial charge on any atom is -0.322 e. The summed E-state index contributed by atoms with van der Waals surface area (Å²) in [4.78, 5) is 25.4. The fraction of sp³-hybridized carbons (Fsp3) is 0.391. The number of amides is 2. The average Bonchev–Trinajstić information content (AvgIpc) is 3.00. The number of benzene rings is 1. The summed E-state index contributed by atoms with van der Waals surface area (Å²) in [6.45, 7) is 21.8. The molecular weight excluding hydrogens is 613 g/mol. The van der Waals surface area contributed by atoms with E-state index in [0.29, 0.717) is 11.4 Å². The van der Waals surface area contributed by atoms with E-state index >= 15 is 0 Å². The molecule has 0 aliphatic heterocycles. The Morgan fingerprint density at radius 2 is 1.02 bits per heavy atom. The Morgan fingerprint density at radius 1 is 0.620 bits per heavy atom. The van der Waals surface area contributed by atoms with Crippen LogP contribution in [0, 0.1) is 10.8 Å². The molecule has 2 amide bonds. The van der Waals surface area contributed by atoms with Crippen LogP contribution < -0.4 is 10.6 Å². The smallest absolute Gasteiger partial charge is 0.248 e. The first-order valence-electron chi connectivity index (χ1n) is 18.1.